The molecule has 0 rings (SSSR count). The Morgan fingerprint density at radius 1 is 1.75 bits per heavy atom. The Labute approximate surface area is 74.8 Å². The summed E-state index contributed by atoms with van der Waals surface area (Å²) in [5.74, 6) is -1.16. The second kappa shape index (κ2) is 5.48. The van der Waals surface area contributed by atoms with Crippen LogP contribution in [0.4, 0.5) is 4.79 Å². The number of alkyl carbamates (subject to hydrolysis) is 1. The number of ether oxygens (including phenoxy) is 1. The standard InChI is InChI=1S/C6H9NO4S/c1-2-11-6(10)7-4(3-12)5(8)9/h2,4,12H,1,3H2,(H,7,10)(H,8,9). The average molecular weight is 191 g/mol. The monoisotopic (exact) mass is 191 g/mol. The number of thiol groups is 1. The summed E-state index contributed by atoms with van der Waals surface area (Å²) in [5, 5.41) is 10.5. The van der Waals surface area contributed by atoms with Gasteiger partial charge in [-0.05, 0) is 0 Å². The van der Waals surface area contributed by atoms with Crippen LogP contribution in [0.1, 0.15) is 0 Å². The van der Waals surface area contributed by atoms with Crippen LogP contribution < -0.4 is 5.32 Å². The summed E-state index contributed by atoms with van der Waals surface area (Å²) in [6.45, 7) is 3.13. The molecule has 0 heterocycles. The molecule has 68 valence electrons. The SMILES string of the molecule is C=COC(=O)NC(CS)C(=O)O. The van der Waals surface area contributed by atoms with Crippen LogP contribution in [-0.2, 0) is 9.53 Å². The second-order valence-corrected chi connectivity index (χ2v) is 2.15. The summed E-state index contributed by atoms with van der Waals surface area (Å²) >= 11 is 3.72. The van der Waals surface area contributed by atoms with Gasteiger partial charge in [0.15, 0.2) is 0 Å². The Morgan fingerprint density at radius 2 is 2.33 bits per heavy atom. The molecule has 1 atom stereocenters. The van der Waals surface area contributed by atoms with Crippen molar-refractivity contribution < 1.29 is 19.4 Å². The summed E-state index contributed by atoms with van der Waals surface area (Å²) in [5.41, 5.74) is 0. The molecule has 0 bridgehead atoms. The van der Waals surface area contributed by atoms with Crippen molar-refractivity contribution in [2.45, 2.75) is 6.04 Å². The fraction of sp³-hybridized carbons (Fsp3) is 0.333. The molecule has 0 aliphatic rings. The van der Waals surface area contributed by atoms with Crippen molar-refractivity contribution in [1.82, 2.24) is 5.32 Å². The number of carbonyl (C=O) groups excluding carboxylic acids is 1. The maximum absolute atomic E-state index is 10.6. The first-order valence-electron chi connectivity index (χ1n) is 3.03. The van der Waals surface area contributed by atoms with Gasteiger partial charge in [0.1, 0.15) is 6.04 Å². The minimum Gasteiger partial charge on any atom is -0.480 e. The van der Waals surface area contributed by atoms with Crippen LogP contribution in [0.15, 0.2) is 12.8 Å². The van der Waals surface area contributed by atoms with Gasteiger partial charge in [-0.1, -0.05) is 6.58 Å². The predicted molar refractivity (Wildman–Crippen MR) is 45.1 cm³/mol. The maximum atomic E-state index is 10.6. The normalized spacial score (nSPS) is 11.4. The van der Waals surface area contributed by atoms with E-state index < -0.39 is 18.1 Å². The van der Waals surface area contributed by atoms with Crippen molar-refractivity contribution in [3.63, 3.8) is 0 Å². The summed E-state index contributed by atoms with van der Waals surface area (Å²) in [4.78, 5) is 20.9. The minimum absolute atomic E-state index is 0.00156. The first-order valence-corrected chi connectivity index (χ1v) is 3.66. The van der Waals surface area contributed by atoms with Gasteiger partial charge in [0, 0.05) is 5.75 Å². The highest BCUT2D eigenvalue weighted by atomic mass is 32.1. The summed E-state index contributed by atoms with van der Waals surface area (Å²) in [6, 6.07) is -1.04. The lowest BCUT2D eigenvalue weighted by molar-refractivity contribution is -0.138. The highest BCUT2D eigenvalue weighted by molar-refractivity contribution is 7.80. The van der Waals surface area contributed by atoms with Gasteiger partial charge in [-0.25, -0.2) is 9.59 Å². The van der Waals surface area contributed by atoms with Crippen LogP contribution in [0.2, 0.25) is 0 Å². The zero-order chi connectivity index (χ0) is 9.56. The fourth-order valence-electron chi connectivity index (χ4n) is 0.437. The fourth-order valence-corrected chi connectivity index (χ4v) is 0.685. The van der Waals surface area contributed by atoms with E-state index in [1.165, 1.54) is 0 Å². The van der Waals surface area contributed by atoms with E-state index in [9.17, 15) is 9.59 Å². The minimum atomic E-state index is -1.16. The highest BCUT2D eigenvalue weighted by Gasteiger charge is 2.17. The zero-order valence-corrected chi connectivity index (χ0v) is 7.08. The Kier molecular flexibility index (Phi) is 4.94. The molecular weight excluding hydrogens is 182 g/mol. The van der Waals surface area contributed by atoms with Crippen LogP contribution in [0.3, 0.4) is 0 Å². The Morgan fingerprint density at radius 3 is 2.67 bits per heavy atom. The first kappa shape index (κ1) is 10.8. The Bertz CT molecular complexity index is 194. The zero-order valence-electron chi connectivity index (χ0n) is 6.19. The van der Waals surface area contributed by atoms with Crippen molar-refractivity contribution in [2.75, 3.05) is 5.75 Å². The van der Waals surface area contributed by atoms with Gasteiger partial charge in [-0.3, -0.25) is 0 Å². The van der Waals surface area contributed by atoms with Gasteiger partial charge >= 0.3 is 12.1 Å². The van der Waals surface area contributed by atoms with E-state index >= 15 is 0 Å². The van der Waals surface area contributed by atoms with Crippen LogP contribution in [0, 0.1) is 0 Å². The summed E-state index contributed by atoms with van der Waals surface area (Å²) in [6.07, 6.45) is 0.0543. The molecule has 5 nitrogen and oxygen atoms in total. The summed E-state index contributed by atoms with van der Waals surface area (Å²) in [7, 11) is 0. The van der Waals surface area contributed by atoms with E-state index in [-0.39, 0.29) is 5.75 Å². The van der Waals surface area contributed by atoms with Gasteiger partial charge in [0.2, 0.25) is 0 Å². The third-order valence-corrected chi connectivity index (χ3v) is 1.33. The van der Waals surface area contributed by atoms with Crippen molar-refractivity contribution >= 4 is 24.7 Å². The van der Waals surface area contributed by atoms with Gasteiger partial charge in [-0.15, -0.1) is 0 Å². The molecule has 6 heteroatoms. The van der Waals surface area contributed by atoms with E-state index in [0.29, 0.717) is 0 Å². The molecule has 0 aromatic heterocycles. The molecule has 0 saturated carbocycles. The van der Waals surface area contributed by atoms with Crippen molar-refractivity contribution in [3.05, 3.63) is 12.8 Å². The van der Waals surface area contributed by atoms with Crippen molar-refractivity contribution in [1.29, 1.82) is 0 Å². The highest BCUT2D eigenvalue weighted by Crippen LogP contribution is 1.89. The number of hydrogen-bond acceptors (Lipinski definition) is 4. The van der Waals surface area contributed by atoms with Crippen LogP contribution in [0.5, 0.6) is 0 Å². The van der Waals surface area contributed by atoms with Gasteiger partial charge < -0.3 is 15.2 Å². The number of amides is 1. The van der Waals surface area contributed by atoms with E-state index in [4.69, 9.17) is 5.11 Å². The third-order valence-electron chi connectivity index (χ3n) is 0.963. The number of aliphatic carboxylic acids is 1. The smallest absolute Gasteiger partial charge is 0.412 e. The molecule has 0 fully saturated rings. The number of carboxylic acid groups (broad SMARTS) is 1. The molecule has 0 radical (unpaired) electrons. The third kappa shape index (κ3) is 3.87. The number of carboxylic acids is 1. The lowest BCUT2D eigenvalue weighted by Crippen LogP contribution is -2.41. The number of nitrogens with one attached hydrogen (secondary N) is 1. The Hall–Kier alpha value is -1.17. The summed E-state index contributed by atoms with van der Waals surface area (Å²) < 4.78 is 4.24. The van der Waals surface area contributed by atoms with Crippen molar-refractivity contribution in [3.8, 4) is 0 Å². The number of carbonyl (C=O) groups is 2. The molecule has 2 N–H and O–H groups in total. The largest absolute Gasteiger partial charge is 0.480 e. The Balaban J connectivity index is 3.93. The first-order chi connectivity index (χ1) is 5.61. The topological polar surface area (TPSA) is 75.6 Å². The lowest BCUT2D eigenvalue weighted by Gasteiger charge is -2.09. The number of rotatable bonds is 4. The van der Waals surface area contributed by atoms with Gasteiger partial charge in [0.05, 0.1) is 6.26 Å². The van der Waals surface area contributed by atoms with Crippen molar-refractivity contribution in [2.24, 2.45) is 0 Å². The van der Waals surface area contributed by atoms with E-state index in [0.717, 1.165) is 6.26 Å². The molecule has 0 spiro atoms. The second-order valence-electron chi connectivity index (χ2n) is 1.79. The quantitative estimate of drug-likeness (QED) is 0.439. The molecular formula is C6H9NO4S. The van der Waals surface area contributed by atoms with Crippen LogP contribution in [0.25, 0.3) is 0 Å². The molecule has 1 amide bonds. The lowest BCUT2D eigenvalue weighted by atomic mass is 10.3. The van der Waals surface area contributed by atoms with Gasteiger partial charge in [-0.2, -0.15) is 12.6 Å². The molecule has 0 aromatic carbocycles. The average Bonchev–Trinajstić information content (AvgIpc) is 2.00. The molecule has 0 aromatic rings. The van der Waals surface area contributed by atoms with Crippen LogP contribution in [-0.4, -0.2) is 29.0 Å². The van der Waals surface area contributed by atoms with E-state index in [1.807, 2.05) is 0 Å². The molecule has 0 saturated heterocycles. The molecule has 12 heavy (non-hydrogen) atoms. The molecule has 1 unspecified atom stereocenters. The van der Waals surface area contributed by atoms with E-state index in [1.54, 1.807) is 0 Å². The van der Waals surface area contributed by atoms with Crippen LogP contribution >= 0.6 is 12.6 Å². The maximum Gasteiger partial charge on any atom is 0.412 e. The predicted octanol–water partition coefficient (Wildman–Crippen LogP) is 0.239. The van der Waals surface area contributed by atoms with E-state index in [2.05, 4.69) is 29.3 Å². The molecule has 0 aliphatic heterocycles. The number of hydrogen-bond donors (Lipinski definition) is 3. The molecule has 0 aliphatic carbocycles. The van der Waals surface area contributed by atoms with Gasteiger partial charge in [0.25, 0.3) is 0 Å².